The number of aryl methyl sites for hydroxylation is 1. The van der Waals surface area contributed by atoms with Gasteiger partial charge in [0, 0.05) is 6.04 Å². The van der Waals surface area contributed by atoms with Crippen LogP contribution in [0.5, 0.6) is 0 Å². The molecule has 0 aliphatic carbocycles. The highest BCUT2D eigenvalue weighted by Crippen LogP contribution is 2.29. The first kappa shape index (κ1) is 13.1. The molecule has 90 valence electrons. The van der Waals surface area contributed by atoms with Crippen molar-refractivity contribution in [3.63, 3.8) is 0 Å². The third-order valence-electron chi connectivity index (χ3n) is 2.78. The standard InChI is InChI=1S/C13H20FNO/c1-8-5-6-10(13(3,4)14)7-11(8)12(16)9(2)15/h5-7,9,12,16H,15H2,1-4H3. The monoisotopic (exact) mass is 225 g/mol. The fourth-order valence-corrected chi connectivity index (χ4v) is 1.61. The quantitative estimate of drug-likeness (QED) is 0.830. The second-order valence-corrected chi connectivity index (χ2v) is 4.85. The van der Waals surface area contributed by atoms with E-state index in [9.17, 15) is 9.50 Å². The molecule has 3 heteroatoms. The van der Waals surface area contributed by atoms with Crippen molar-refractivity contribution in [3.8, 4) is 0 Å². The van der Waals surface area contributed by atoms with Crippen LogP contribution < -0.4 is 5.73 Å². The maximum absolute atomic E-state index is 13.8. The summed E-state index contributed by atoms with van der Waals surface area (Å²) in [5, 5.41) is 9.92. The van der Waals surface area contributed by atoms with Crippen LogP contribution in [-0.2, 0) is 5.67 Å². The van der Waals surface area contributed by atoms with Crippen LogP contribution in [0.3, 0.4) is 0 Å². The van der Waals surface area contributed by atoms with Gasteiger partial charge in [-0.3, -0.25) is 0 Å². The van der Waals surface area contributed by atoms with Crippen LogP contribution in [0.25, 0.3) is 0 Å². The number of aliphatic hydroxyl groups is 1. The summed E-state index contributed by atoms with van der Waals surface area (Å²) in [4.78, 5) is 0. The minimum Gasteiger partial charge on any atom is -0.387 e. The minimum atomic E-state index is -1.40. The van der Waals surface area contributed by atoms with Crippen LogP contribution >= 0.6 is 0 Å². The lowest BCUT2D eigenvalue weighted by Crippen LogP contribution is -2.25. The molecule has 2 nitrogen and oxygen atoms in total. The Bertz CT molecular complexity index is 369. The highest BCUT2D eigenvalue weighted by Gasteiger charge is 2.22. The summed E-state index contributed by atoms with van der Waals surface area (Å²) in [7, 11) is 0. The molecule has 0 fully saturated rings. The molecule has 0 aromatic heterocycles. The second-order valence-electron chi connectivity index (χ2n) is 4.85. The van der Waals surface area contributed by atoms with Crippen molar-refractivity contribution in [2.45, 2.75) is 45.5 Å². The van der Waals surface area contributed by atoms with E-state index in [0.717, 1.165) is 5.56 Å². The Morgan fingerprint density at radius 1 is 1.38 bits per heavy atom. The molecule has 0 saturated heterocycles. The summed E-state index contributed by atoms with van der Waals surface area (Å²) >= 11 is 0. The fraction of sp³-hybridized carbons (Fsp3) is 0.538. The maximum atomic E-state index is 13.8. The molecule has 1 rings (SSSR count). The van der Waals surface area contributed by atoms with Crippen molar-refractivity contribution in [1.82, 2.24) is 0 Å². The molecule has 0 bridgehead atoms. The van der Waals surface area contributed by atoms with E-state index in [4.69, 9.17) is 5.73 Å². The van der Waals surface area contributed by atoms with E-state index in [1.54, 1.807) is 19.1 Å². The van der Waals surface area contributed by atoms with Crippen molar-refractivity contribution in [2.75, 3.05) is 0 Å². The van der Waals surface area contributed by atoms with Crippen LogP contribution in [0.2, 0.25) is 0 Å². The Kier molecular flexibility index (Phi) is 3.71. The molecular weight excluding hydrogens is 205 g/mol. The topological polar surface area (TPSA) is 46.2 Å². The van der Waals surface area contributed by atoms with E-state index in [2.05, 4.69) is 0 Å². The maximum Gasteiger partial charge on any atom is 0.130 e. The summed E-state index contributed by atoms with van der Waals surface area (Å²) in [5.74, 6) is 0. The molecule has 0 aliphatic heterocycles. The van der Waals surface area contributed by atoms with E-state index in [-0.39, 0.29) is 6.04 Å². The number of alkyl halides is 1. The molecular formula is C13H20FNO. The Hall–Kier alpha value is -0.930. The normalized spacial score (nSPS) is 15.9. The number of rotatable bonds is 3. The second kappa shape index (κ2) is 4.52. The van der Waals surface area contributed by atoms with E-state index >= 15 is 0 Å². The Morgan fingerprint density at radius 3 is 2.38 bits per heavy atom. The highest BCUT2D eigenvalue weighted by molar-refractivity contribution is 5.35. The van der Waals surface area contributed by atoms with Gasteiger partial charge in [0.2, 0.25) is 0 Å². The van der Waals surface area contributed by atoms with Crippen LogP contribution in [0.4, 0.5) is 4.39 Å². The number of benzene rings is 1. The molecule has 2 atom stereocenters. The molecule has 0 spiro atoms. The highest BCUT2D eigenvalue weighted by atomic mass is 19.1. The number of nitrogens with two attached hydrogens (primary N) is 1. The van der Waals surface area contributed by atoms with Crippen LogP contribution in [-0.4, -0.2) is 11.1 Å². The number of hydrogen-bond donors (Lipinski definition) is 2. The van der Waals surface area contributed by atoms with Crippen LogP contribution in [0.1, 0.15) is 43.6 Å². The van der Waals surface area contributed by atoms with Gasteiger partial charge in [0.05, 0.1) is 6.10 Å². The molecule has 0 aliphatic rings. The molecule has 16 heavy (non-hydrogen) atoms. The van der Waals surface area contributed by atoms with Gasteiger partial charge in [-0.25, -0.2) is 4.39 Å². The van der Waals surface area contributed by atoms with Crippen molar-refractivity contribution >= 4 is 0 Å². The number of halogens is 1. The molecule has 3 N–H and O–H groups in total. The van der Waals surface area contributed by atoms with E-state index in [1.165, 1.54) is 13.8 Å². The smallest absolute Gasteiger partial charge is 0.130 e. The van der Waals surface area contributed by atoms with E-state index in [0.29, 0.717) is 11.1 Å². The Morgan fingerprint density at radius 2 is 1.94 bits per heavy atom. The third-order valence-corrected chi connectivity index (χ3v) is 2.78. The summed E-state index contributed by atoms with van der Waals surface area (Å²) in [6, 6.07) is 4.89. The zero-order chi connectivity index (χ0) is 12.5. The summed E-state index contributed by atoms with van der Waals surface area (Å²) in [6.07, 6.45) is -0.748. The molecule has 0 heterocycles. The Labute approximate surface area is 96.3 Å². The summed E-state index contributed by atoms with van der Waals surface area (Å²) in [5.41, 5.74) is 6.45. The third kappa shape index (κ3) is 2.80. The van der Waals surface area contributed by atoms with Gasteiger partial charge in [-0.05, 0) is 50.5 Å². The van der Waals surface area contributed by atoms with E-state index in [1.807, 2.05) is 13.0 Å². The fourth-order valence-electron chi connectivity index (χ4n) is 1.61. The molecule has 1 aromatic rings. The lowest BCUT2D eigenvalue weighted by Gasteiger charge is -2.21. The van der Waals surface area contributed by atoms with Crippen molar-refractivity contribution < 1.29 is 9.50 Å². The van der Waals surface area contributed by atoms with Gasteiger partial charge < -0.3 is 10.8 Å². The van der Waals surface area contributed by atoms with Gasteiger partial charge in [-0.1, -0.05) is 12.1 Å². The molecule has 0 amide bonds. The molecule has 2 unspecified atom stereocenters. The molecule has 0 radical (unpaired) electrons. The lowest BCUT2D eigenvalue weighted by atomic mass is 9.92. The largest absolute Gasteiger partial charge is 0.387 e. The zero-order valence-electron chi connectivity index (χ0n) is 10.3. The van der Waals surface area contributed by atoms with Crippen LogP contribution in [0, 0.1) is 6.92 Å². The van der Waals surface area contributed by atoms with Gasteiger partial charge in [0.1, 0.15) is 5.67 Å². The first-order chi connectivity index (χ1) is 7.23. The predicted octanol–water partition coefficient (Wildman–Crippen LogP) is 2.58. The predicted molar refractivity (Wildman–Crippen MR) is 63.9 cm³/mol. The summed E-state index contributed by atoms with van der Waals surface area (Å²) < 4.78 is 13.8. The first-order valence-corrected chi connectivity index (χ1v) is 5.47. The first-order valence-electron chi connectivity index (χ1n) is 5.47. The average molecular weight is 225 g/mol. The van der Waals surface area contributed by atoms with Gasteiger partial charge in [-0.15, -0.1) is 0 Å². The molecule has 0 saturated carbocycles. The number of hydrogen-bond acceptors (Lipinski definition) is 2. The van der Waals surface area contributed by atoms with Gasteiger partial charge in [-0.2, -0.15) is 0 Å². The van der Waals surface area contributed by atoms with Crippen molar-refractivity contribution in [3.05, 3.63) is 34.9 Å². The minimum absolute atomic E-state index is 0.364. The van der Waals surface area contributed by atoms with Gasteiger partial charge >= 0.3 is 0 Å². The SMILES string of the molecule is Cc1ccc(C(C)(C)F)cc1C(O)C(C)N. The van der Waals surface area contributed by atoms with Gasteiger partial charge in [0.15, 0.2) is 0 Å². The average Bonchev–Trinajstić information content (AvgIpc) is 2.15. The lowest BCUT2D eigenvalue weighted by molar-refractivity contribution is 0.152. The van der Waals surface area contributed by atoms with Gasteiger partial charge in [0.25, 0.3) is 0 Å². The van der Waals surface area contributed by atoms with Crippen LogP contribution in [0.15, 0.2) is 18.2 Å². The van der Waals surface area contributed by atoms with E-state index < -0.39 is 11.8 Å². The van der Waals surface area contributed by atoms with Crippen molar-refractivity contribution in [1.29, 1.82) is 0 Å². The number of aliphatic hydroxyl groups excluding tert-OH is 1. The molecule has 1 aromatic carbocycles. The Balaban J connectivity index is 3.19. The zero-order valence-corrected chi connectivity index (χ0v) is 10.3. The van der Waals surface area contributed by atoms with Crippen molar-refractivity contribution in [2.24, 2.45) is 5.73 Å². The summed E-state index contributed by atoms with van der Waals surface area (Å²) in [6.45, 7) is 6.62.